The first-order chi connectivity index (χ1) is 7.35. The summed E-state index contributed by atoms with van der Waals surface area (Å²) in [7, 11) is 0. The lowest BCUT2D eigenvalue weighted by Crippen LogP contribution is -2.00. The van der Waals surface area contributed by atoms with E-state index in [0.717, 1.165) is 5.92 Å². The van der Waals surface area contributed by atoms with Crippen LogP contribution in [0.3, 0.4) is 0 Å². The number of hydrogen-bond acceptors (Lipinski definition) is 0. The fraction of sp³-hybridized carbons (Fsp3) is 1.00. The molecule has 0 bridgehead atoms. The van der Waals surface area contributed by atoms with Crippen LogP contribution in [0.5, 0.6) is 0 Å². The quantitative estimate of drug-likeness (QED) is 0.371. The Balaban J connectivity index is 3.38. The summed E-state index contributed by atoms with van der Waals surface area (Å²) in [6.07, 6.45) is 15.9. The SMILES string of the molecule is CCCCCCC[C@@H](CCC)CCCC. The molecule has 0 amide bonds. The maximum absolute atomic E-state index is 2.33. The summed E-state index contributed by atoms with van der Waals surface area (Å²) in [5, 5.41) is 0. The zero-order valence-corrected chi connectivity index (χ0v) is 11.4. The molecule has 0 nitrogen and oxygen atoms in total. The average Bonchev–Trinajstić information content (AvgIpc) is 2.25. The van der Waals surface area contributed by atoms with Crippen LogP contribution in [-0.4, -0.2) is 0 Å². The smallest absolute Gasteiger partial charge is 0.0414 e. The molecule has 0 aliphatic heterocycles. The van der Waals surface area contributed by atoms with Crippen molar-refractivity contribution in [3.63, 3.8) is 0 Å². The van der Waals surface area contributed by atoms with Gasteiger partial charge in [0.25, 0.3) is 0 Å². The molecule has 0 saturated carbocycles. The summed E-state index contributed by atoms with van der Waals surface area (Å²) in [6, 6.07) is 0. The number of rotatable bonds is 11. The van der Waals surface area contributed by atoms with Crippen molar-refractivity contribution >= 4 is 0 Å². The van der Waals surface area contributed by atoms with Crippen LogP contribution in [0, 0.1) is 5.92 Å². The van der Waals surface area contributed by atoms with Crippen molar-refractivity contribution in [3.8, 4) is 0 Å². The molecule has 0 aliphatic rings. The molecule has 0 spiro atoms. The van der Waals surface area contributed by atoms with E-state index in [9.17, 15) is 0 Å². The molecule has 0 radical (unpaired) electrons. The highest BCUT2D eigenvalue weighted by Gasteiger charge is 2.06. The van der Waals surface area contributed by atoms with Crippen LogP contribution in [0.25, 0.3) is 0 Å². The van der Waals surface area contributed by atoms with E-state index in [0.29, 0.717) is 0 Å². The van der Waals surface area contributed by atoms with Crippen molar-refractivity contribution in [1.29, 1.82) is 0 Å². The lowest BCUT2D eigenvalue weighted by Gasteiger charge is -2.15. The van der Waals surface area contributed by atoms with E-state index in [1.54, 1.807) is 0 Å². The van der Waals surface area contributed by atoms with Crippen LogP contribution in [0.1, 0.15) is 91.4 Å². The second-order valence-corrected chi connectivity index (χ2v) is 5.00. The molecule has 0 fully saturated rings. The van der Waals surface area contributed by atoms with Gasteiger partial charge in [-0.3, -0.25) is 0 Å². The Morgan fingerprint density at radius 1 is 0.533 bits per heavy atom. The minimum atomic E-state index is 1.04. The van der Waals surface area contributed by atoms with Crippen molar-refractivity contribution in [2.45, 2.75) is 91.4 Å². The Hall–Kier alpha value is 0. The van der Waals surface area contributed by atoms with Crippen molar-refractivity contribution < 1.29 is 0 Å². The van der Waals surface area contributed by atoms with E-state index in [2.05, 4.69) is 20.8 Å². The Kier molecular flexibility index (Phi) is 12.1. The molecule has 0 heteroatoms. The second kappa shape index (κ2) is 12.1. The zero-order chi connectivity index (χ0) is 11.4. The van der Waals surface area contributed by atoms with Crippen LogP contribution in [0.4, 0.5) is 0 Å². The maximum atomic E-state index is 2.33. The first kappa shape index (κ1) is 15.0. The molecule has 0 rings (SSSR count). The molecule has 0 unspecified atom stereocenters. The van der Waals surface area contributed by atoms with Gasteiger partial charge < -0.3 is 0 Å². The first-order valence-electron chi connectivity index (χ1n) is 7.35. The largest absolute Gasteiger partial charge is 0.0654 e. The third kappa shape index (κ3) is 10.3. The van der Waals surface area contributed by atoms with Crippen molar-refractivity contribution in [2.24, 2.45) is 5.92 Å². The molecule has 0 heterocycles. The van der Waals surface area contributed by atoms with Gasteiger partial charge in [-0.2, -0.15) is 0 Å². The van der Waals surface area contributed by atoms with Gasteiger partial charge in [-0.05, 0) is 5.92 Å². The summed E-state index contributed by atoms with van der Waals surface area (Å²) in [5.74, 6) is 1.04. The lowest BCUT2D eigenvalue weighted by molar-refractivity contribution is 0.384. The predicted molar refractivity (Wildman–Crippen MR) is 71.3 cm³/mol. The fourth-order valence-corrected chi connectivity index (χ4v) is 2.37. The van der Waals surface area contributed by atoms with Gasteiger partial charge in [0.15, 0.2) is 0 Å². The van der Waals surface area contributed by atoms with Crippen LogP contribution in [-0.2, 0) is 0 Å². The zero-order valence-electron chi connectivity index (χ0n) is 11.4. The average molecular weight is 212 g/mol. The summed E-state index contributed by atoms with van der Waals surface area (Å²) in [6.45, 7) is 6.93. The molecule has 15 heavy (non-hydrogen) atoms. The molecule has 0 aromatic rings. The van der Waals surface area contributed by atoms with Crippen LogP contribution < -0.4 is 0 Å². The van der Waals surface area contributed by atoms with E-state index in [-0.39, 0.29) is 0 Å². The molecule has 0 aromatic carbocycles. The normalized spacial score (nSPS) is 13.0. The highest BCUT2D eigenvalue weighted by Crippen LogP contribution is 2.21. The Labute approximate surface area is 97.8 Å². The molecular formula is C15H32. The van der Waals surface area contributed by atoms with Crippen LogP contribution in [0.15, 0.2) is 0 Å². The minimum Gasteiger partial charge on any atom is -0.0654 e. The third-order valence-electron chi connectivity index (χ3n) is 3.38. The van der Waals surface area contributed by atoms with Gasteiger partial charge in [0.1, 0.15) is 0 Å². The fourth-order valence-electron chi connectivity index (χ4n) is 2.37. The highest BCUT2D eigenvalue weighted by atomic mass is 14.1. The van der Waals surface area contributed by atoms with Crippen LogP contribution in [0.2, 0.25) is 0 Å². The molecular weight excluding hydrogens is 180 g/mol. The summed E-state index contributed by atoms with van der Waals surface area (Å²) in [4.78, 5) is 0. The standard InChI is InChI=1S/C15H32/c1-4-7-9-10-11-14-15(12-6-3)13-8-5-2/h15H,4-14H2,1-3H3/t15-/m0/s1. The Morgan fingerprint density at radius 3 is 1.73 bits per heavy atom. The maximum Gasteiger partial charge on any atom is -0.0414 e. The monoisotopic (exact) mass is 212 g/mol. The molecule has 92 valence electrons. The van der Waals surface area contributed by atoms with E-state index in [1.807, 2.05) is 0 Å². The van der Waals surface area contributed by atoms with Gasteiger partial charge in [-0.25, -0.2) is 0 Å². The van der Waals surface area contributed by atoms with E-state index in [4.69, 9.17) is 0 Å². The van der Waals surface area contributed by atoms with Crippen molar-refractivity contribution in [2.75, 3.05) is 0 Å². The van der Waals surface area contributed by atoms with Gasteiger partial charge in [0.05, 0.1) is 0 Å². The van der Waals surface area contributed by atoms with Gasteiger partial charge in [-0.15, -0.1) is 0 Å². The predicted octanol–water partition coefficient (Wildman–Crippen LogP) is 5.95. The Morgan fingerprint density at radius 2 is 1.13 bits per heavy atom. The highest BCUT2D eigenvalue weighted by molar-refractivity contribution is 4.59. The van der Waals surface area contributed by atoms with Gasteiger partial charge >= 0.3 is 0 Å². The second-order valence-electron chi connectivity index (χ2n) is 5.00. The van der Waals surface area contributed by atoms with Gasteiger partial charge in [-0.1, -0.05) is 91.4 Å². The molecule has 0 aromatic heterocycles. The number of hydrogen-bond donors (Lipinski definition) is 0. The topological polar surface area (TPSA) is 0 Å². The van der Waals surface area contributed by atoms with E-state index in [1.165, 1.54) is 70.6 Å². The molecule has 0 N–H and O–H groups in total. The first-order valence-corrected chi connectivity index (χ1v) is 7.35. The molecule has 1 atom stereocenters. The number of unbranched alkanes of at least 4 members (excludes halogenated alkanes) is 5. The summed E-state index contributed by atoms with van der Waals surface area (Å²) < 4.78 is 0. The minimum absolute atomic E-state index is 1.04. The summed E-state index contributed by atoms with van der Waals surface area (Å²) >= 11 is 0. The van der Waals surface area contributed by atoms with Gasteiger partial charge in [0.2, 0.25) is 0 Å². The molecule has 0 saturated heterocycles. The Bertz CT molecular complexity index is 107. The van der Waals surface area contributed by atoms with Crippen molar-refractivity contribution in [3.05, 3.63) is 0 Å². The lowest BCUT2D eigenvalue weighted by atomic mass is 9.91. The van der Waals surface area contributed by atoms with E-state index >= 15 is 0 Å². The van der Waals surface area contributed by atoms with Crippen LogP contribution >= 0.6 is 0 Å². The molecule has 0 aliphatic carbocycles. The third-order valence-corrected chi connectivity index (χ3v) is 3.38. The summed E-state index contributed by atoms with van der Waals surface area (Å²) in [5.41, 5.74) is 0. The van der Waals surface area contributed by atoms with Gasteiger partial charge in [0, 0.05) is 0 Å². The van der Waals surface area contributed by atoms with E-state index < -0.39 is 0 Å². The van der Waals surface area contributed by atoms with Crippen molar-refractivity contribution in [1.82, 2.24) is 0 Å².